The van der Waals surface area contributed by atoms with E-state index in [-0.39, 0.29) is 6.04 Å². The first-order valence-electron chi connectivity index (χ1n) is 9.83. The topological polar surface area (TPSA) is 69.6 Å². The van der Waals surface area contributed by atoms with Crippen LogP contribution in [0.25, 0.3) is 11.1 Å². The zero-order valence-electron chi connectivity index (χ0n) is 16.8. The SMILES string of the molecule is Cc1cc(C(=O)O)ccc1-c1ccc(C[C@@H](C)NC[C@H](O)c2ccccc2)cc1. The van der Waals surface area contributed by atoms with Crippen molar-refractivity contribution in [1.29, 1.82) is 0 Å². The first-order chi connectivity index (χ1) is 13.9. The zero-order chi connectivity index (χ0) is 20.8. The van der Waals surface area contributed by atoms with Gasteiger partial charge in [0.25, 0.3) is 0 Å². The van der Waals surface area contributed by atoms with E-state index >= 15 is 0 Å². The largest absolute Gasteiger partial charge is 0.478 e. The van der Waals surface area contributed by atoms with Crippen molar-refractivity contribution in [3.8, 4) is 11.1 Å². The Kier molecular flexibility index (Phi) is 6.81. The highest BCUT2D eigenvalue weighted by Gasteiger charge is 2.11. The monoisotopic (exact) mass is 389 g/mol. The molecule has 2 atom stereocenters. The molecule has 4 heteroatoms. The summed E-state index contributed by atoms with van der Waals surface area (Å²) in [6.07, 6.45) is 0.344. The van der Waals surface area contributed by atoms with Crippen molar-refractivity contribution < 1.29 is 15.0 Å². The molecule has 29 heavy (non-hydrogen) atoms. The standard InChI is InChI=1S/C25H27NO3/c1-17-14-22(25(28)29)12-13-23(17)20-10-8-19(9-11-20)15-18(2)26-16-24(27)21-6-4-3-5-7-21/h3-14,18,24,26-27H,15-16H2,1-2H3,(H,28,29)/t18-,24+/m1/s1. The predicted molar refractivity (Wildman–Crippen MR) is 116 cm³/mol. The van der Waals surface area contributed by atoms with Crippen molar-refractivity contribution in [3.63, 3.8) is 0 Å². The Morgan fingerprint density at radius 3 is 2.31 bits per heavy atom. The molecule has 0 aliphatic carbocycles. The van der Waals surface area contributed by atoms with Gasteiger partial charge in [0.1, 0.15) is 0 Å². The number of benzene rings is 3. The third-order valence-corrected chi connectivity index (χ3v) is 5.12. The zero-order valence-corrected chi connectivity index (χ0v) is 16.8. The van der Waals surface area contributed by atoms with Gasteiger partial charge in [-0.1, -0.05) is 60.7 Å². The third-order valence-electron chi connectivity index (χ3n) is 5.12. The maximum absolute atomic E-state index is 11.1. The Morgan fingerprint density at radius 2 is 1.69 bits per heavy atom. The molecule has 0 heterocycles. The molecule has 4 nitrogen and oxygen atoms in total. The van der Waals surface area contributed by atoms with Gasteiger partial charge in [0, 0.05) is 12.6 Å². The van der Waals surface area contributed by atoms with Gasteiger partial charge in [-0.2, -0.15) is 0 Å². The molecule has 0 radical (unpaired) electrons. The van der Waals surface area contributed by atoms with E-state index in [2.05, 4.69) is 36.5 Å². The van der Waals surface area contributed by atoms with Crippen molar-refractivity contribution in [2.75, 3.05) is 6.54 Å². The molecule has 3 rings (SSSR count). The highest BCUT2D eigenvalue weighted by molar-refractivity contribution is 5.89. The number of nitrogens with one attached hydrogen (secondary N) is 1. The molecule has 150 valence electrons. The van der Waals surface area contributed by atoms with Gasteiger partial charge in [0.2, 0.25) is 0 Å². The lowest BCUT2D eigenvalue weighted by Crippen LogP contribution is -2.32. The third kappa shape index (κ3) is 5.53. The maximum Gasteiger partial charge on any atom is 0.335 e. The van der Waals surface area contributed by atoms with Gasteiger partial charge >= 0.3 is 5.97 Å². The van der Waals surface area contributed by atoms with Crippen molar-refractivity contribution in [2.45, 2.75) is 32.4 Å². The van der Waals surface area contributed by atoms with Crippen LogP contribution in [0.1, 0.15) is 40.1 Å². The molecule has 3 N–H and O–H groups in total. The summed E-state index contributed by atoms with van der Waals surface area (Å²) >= 11 is 0. The second-order valence-electron chi connectivity index (χ2n) is 7.47. The Bertz CT molecular complexity index is 952. The number of aliphatic hydroxyl groups is 1. The quantitative estimate of drug-likeness (QED) is 0.526. The molecule has 3 aromatic carbocycles. The molecule has 0 saturated heterocycles. The van der Waals surface area contributed by atoms with Crippen LogP contribution in [-0.4, -0.2) is 28.8 Å². The lowest BCUT2D eigenvalue weighted by atomic mass is 9.96. The van der Waals surface area contributed by atoms with Crippen LogP contribution in [0.2, 0.25) is 0 Å². The number of aliphatic hydroxyl groups excluding tert-OH is 1. The number of aromatic carboxylic acids is 1. The Morgan fingerprint density at radius 1 is 1.00 bits per heavy atom. The second kappa shape index (κ2) is 9.50. The van der Waals surface area contributed by atoms with Crippen molar-refractivity contribution >= 4 is 5.97 Å². The first-order valence-corrected chi connectivity index (χ1v) is 9.83. The minimum absolute atomic E-state index is 0.232. The van der Waals surface area contributed by atoms with Gasteiger partial charge in [-0.15, -0.1) is 0 Å². The predicted octanol–water partition coefficient (Wildman–Crippen LogP) is 4.61. The first kappa shape index (κ1) is 20.8. The minimum atomic E-state index is -0.908. The summed E-state index contributed by atoms with van der Waals surface area (Å²) < 4.78 is 0. The van der Waals surface area contributed by atoms with E-state index in [9.17, 15) is 9.90 Å². The van der Waals surface area contributed by atoms with Gasteiger partial charge in [0.15, 0.2) is 0 Å². The van der Waals surface area contributed by atoms with Crippen LogP contribution in [0, 0.1) is 6.92 Å². The number of hydrogen-bond donors (Lipinski definition) is 3. The normalized spacial score (nSPS) is 13.1. The summed E-state index contributed by atoms with van der Waals surface area (Å²) in [6.45, 7) is 4.55. The fourth-order valence-electron chi connectivity index (χ4n) is 3.47. The summed E-state index contributed by atoms with van der Waals surface area (Å²) in [7, 11) is 0. The molecule has 0 unspecified atom stereocenters. The van der Waals surface area contributed by atoms with Crippen LogP contribution >= 0.6 is 0 Å². The summed E-state index contributed by atoms with van der Waals surface area (Å²) in [5, 5.41) is 22.8. The van der Waals surface area contributed by atoms with Crippen molar-refractivity contribution in [2.24, 2.45) is 0 Å². The molecule has 0 bridgehead atoms. The van der Waals surface area contributed by atoms with Crippen molar-refractivity contribution in [1.82, 2.24) is 5.32 Å². The molecule has 0 aromatic heterocycles. The van der Waals surface area contributed by atoms with E-state index in [1.807, 2.05) is 43.3 Å². The average Bonchev–Trinajstić information content (AvgIpc) is 2.73. The fraction of sp³-hybridized carbons (Fsp3) is 0.240. The van der Waals surface area contributed by atoms with Gasteiger partial charge < -0.3 is 15.5 Å². The molecule has 0 fully saturated rings. The molecular formula is C25H27NO3. The van der Waals surface area contributed by atoms with E-state index in [0.717, 1.165) is 28.7 Å². The highest BCUT2D eigenvalue weighted by Crippen LogP contribution is 2.25. The summed E-state index contributed by atoms with van der Waals surface area (Å²) in [5.74, 6) is -0.908. The van der Waals surface area contributed by atoms with Crippen LogP contribution in [-0.2, 0) is 6.42 Å². The van der Waals surface area contributed by atoms with Crippen LogP contribution in [0.3, 0.4) is 0 Å². The lowest BCUT2D eigenvalue weighted by molar-refractivity contribution is 0.0697. The van der Waals surface area contributed by atoms with Crippen LogP contribution < -0.4 is 5.32 Å². The van der Waals surface area contributed by atoms with Gasteiger partial charge in [0.05, 0.1) is 11.7 Å². The number of carboxylic acid groups (broad SMARTS) is 1. The number of rotatable bonds is 8. The fourth-order valence-corrected chi connectivity index (χ4v) is 3.47. The Labute approximate surface area is 171 Å². The van der Waals surface area contributed by atoms with E-state index < -0.39 is 12.1 Å². The maximum atomic E-state index is 11.1. The smallest absolute Gasteiger partial charge is 0.335 e. The summed E-state index contributed by atoms with van der Waals surface area (Å²) in [4.78, 5) is 11.1. The minimum Gasteiger partial charge on any atom is -0.478 e. The molecule has 0 aliphatic heterocycles. The molecule has 0 spiro atoms. The van der Waals surface area contributed by atoms with Gasteiger partial charge in [-0.25, -0.2) is 4.79 Å². The van der Waals surface area contributed by atoms with Gasteiger partial charge in [-0.05, 0) is 60.2 Å². The summed E-state index contributed by atoms with van der Waals surface area (Å²) in [5.41, 5.74) is 5.49. The molecule has 0 amide bonds. The second-order valence-corrected chi connectivity index (χ2v) is 7.47. The number of aryl methyl sites for hydroxylation is 1. The molecule has 0 saturated carbocycles. The number of carboxylic acids is 1. The molecule has 3 aromatic rings. The van der Waals surface area contributed by atoms with Crippen LogP contribution in [0.4, 0.5) is 0 Å². The summed E-state index contributed by atoms with van der Waals surface area (Å²) in [6, 6.07) is 23.5. The van der Waals surface area contributed by atoms with Crippen molar-refractivity contribution in [3.05, 3.63) is 95.1 Å². The van der Waals surface area contributed by atoms with Crippen LogP contribution in [0.15, 0.2) is 72.8 Å². The Hall–Kier alpha value is -2.95. The number of carbonyl (C=O) groups is 1. The molecule has 0 aliphatic rings. The van der Waals surface area contributed by atoms with E-state index in [0.29, 0.717) is 12.1 Å². The van der Waals surface area contributed by atoms with E-state index in [4.69, 9.17) is 5.11 Å². The highest BCUT2D eigenvalue weighted by atomic mass is 16.4. The lowest BCUT2D eigenvalue weighted by Gasteiger charge is -2.18. The van der Waals surface area contributed by atoms with Crippen LogP contribution in [0.5, 0.6) is 0 Å². The molecular weight excluding hydrogens is 362 g/mol. The Balaban J connectivity index is 1.58. The van der Waals surface area contributed by atoms with E-state index in [1.54, 1.807) is 12.1 Å². The van der Waals surface area contributed by atoms with Gasteiger partial charge in [-0.3, -0.25) is 0 Å². The number of hydrogen-bond acceptors (Lipinski definition) is 3. The average molecular weight is 389 g/mol. The van der Waals surface area contributed by atoms with E-state index in [1.165, 1.54) is 5.56 Å².